The van der Waals surface area contributed by atoms with Crippen molar-refractivity contribution in [2.45, 2.75) is 78.7 Å². The molecule has 1 saturated heterocycles. The van der Waals surface area contributed by atoms with Crippen molar-refractivity contribution in [2.24, 2.45) is 0 Å². The second kappa shape index (κ2) is 13.0. The predicted molar refractivity (Wildman–Crippen MR) is 172 cm³/mol. The van der Waals surface area contributed by atoms with Crippen LogP contribution in [-0.2, 0) is 33.9 Å². The summed E-state index contributed by atoms with van der Waals surface area (Å²) < 4.78 is 14.1. The number of hydrogen-bond acceptors (Lipinski definition) is 10. The number of aryl methyl sites for hydroxylation is 1. The minimum absolute atomic E-state index is 0.0300. The van der Waals surface area contributed by atoms with Crippen LogP contribution in [-0.4, -0.2) is 72.6 Å². The van der Waals surface area contributed by atoms with Gasteiger partial charge in [-0.1, -0.05) is 24.1 Å². The molecule has 0 unspecified atom stereocenters. The molecule has 3 aromatic heterocycles. The molecule has 0 radical (unpaired) electrons. The third-order valence-corrected chi connectivity index (χ3v) is 7.59. The average molecular weight is 631 g/mol. The summed E-state index contributed by atoms with van der Waals surface area (Å²) in [6.07, 6.45) is 0.919. The number of rotatable bonds is 7. The molecule has 14 heteroatoms. The van der Waals surface area contributed by atoms with Crippen LogP contribution in [0, 0.1) is 18.8 Å². The van der Waals surface area contributed by atoms with E-state index < -0.39 is 35.5 Å². The number of ether oxygens (including phenoxy) is 2. The lowest BCUT2D eigenvalue weighted by molar-refractivity contribution is -0.141. The van der Waals surface area contributed by atoms with Crippen LogP contribution in [0.5, 0.6) is 0 Å². The first kappa shape index (κ1) is 32.2. The molecule has 0 aliphatic carbocycles. The molecule has 1 aliphatic heterocycles. The molecule has 4 heterocycles. The summed E-state index contributed by atoms with van der Waals surface area (Å²) in [7, 11) is 1.22. The molecule has 1 fully saturated rings. The smallest absolute Gasteiger partial charge is 0.407 e. The van der Waals surface area contributed by atoms with Crippen molar-refractivity contribution in [1.82, 2.24) is 34.0 Å². The van der Waals surface area contributed by atoms with E-state index in [1.54, 1.807) is 32.3 Å². The number of nitrogens with zero attached hydrogens (tertiary/aromatic N) is 7. The van der Waals surface area contributed by atoms with Crippen molar-refractivity contribution in [1.29, 1.82) is 0 Å². The fourth-order valence-corrected chi connectivity index (χ4v) is 5.56. The number of imidazole rings is 1. The maximum atomic E-state index is 14.2. The number of carbonyl (C=O) groups excluding carboxylic acids is 2. The zero-order valence-corrected chi connectivity index (χ0v) is 26.9. The normalized spacial score (nSPS) is 15.0. The molecule has 1 atom stereocenters. The third kappa shape index (κ3) is 6.73. The van der Waals surface area contributed by atoms with Gasteiger partial charge in [0, 0.05) is 30.2 Å². The highest BCUT2D eigenvalue weighted by atomic mass is 16.6. The Morgan fingerprint density at radius 2 is 1.85 bits per heavy atom. The number of nitrogens with one attached hydrogen (secondary N) is 1. The van der Waals surface area contributed by atoms with E-state index in [9.17, 15) is 19.2 Å². The monoisotopic (exact) mass is 630 g/mol. The fourth-order valence-electron chi connectivity index (χ4n) is 5.56. The molecule has 1 aliphatic rings. The highest BCUT2D eigenvalue weighted by molar-refractivity contribution is 5.80. The molecular weight excluding hydrogens is 592 g/mol. The fraction of sp³-hybridized carbons (Fsp3) is 0.469. The summed E-state index contributed by atoms with van der Waals surface area (Å²) in [6.45, 7) is 9.26. The molecule has 242 valence electrons. The predicted octanol–water partition coefficient (Wildman–Crippen LogP) is 2.35. The molecule has 0 spiro atoms. The van der Waals surface area contributed by atoms with Crippen molar-refractivity contribution >= 4 is 40.1 Å². The Morgan fingerprint density at radius 3 is 2.57 bits per heavy atom. The van der Waals surface area contributed by atoms with Gasteiger partial charge in [0.1, 0.15) is 18.0 Å². The molecular formula is C32H38N8O6. The number of alkyl carbamates (subject to hydrolysis) is 1. The van der Waals surface area contributed by atoms with E-state index in [1.165, 1.54) is 7.11 Å². The quantitative estimate of drug-likeness (QED) is 0.238. The van der Waals surface area contributed by atoms with Crippen LogP contribution in [0.15, 0.2) is 33.9 Å². The Morgan fingerprint density at radius 1 is 1.09 bits per heavy atom. The van der Waals surface area contributed by atoms with Crippen molar-refractivity contribution < 1.29 is 19.1 Å². The molecule has 1 aromatic carbocycles. The Labute approximate surface area is 265 Å². The molecule has 1 amide bonds. The minimum Gasteiger partial charge on any atom is -0.468 e. The minimum atomic E-state index is -0.752. The first-order valence-electron chi connectivity index (χ1n) is 15.1. The van der Waals surface area contributed by atoms with E-state index in [0.717, 1.165) is 27.4 Å². The first-order chi connectivity index (χ1) is 21.9. The topological polar surface area (TPSA) is 155 Å². The lowest BCUT2D eigenvalue weighted by Gasteiger charge is -2.34. The van der Waals surface area contributed by atoms with E-state index in [2.05, 4.69) is 27.1 Å². The van der Waals surface area contributed by atoms with Gasteiger partial charge in [-0.3, -0.25) is 23.3 Å². The van der Waals surface area contributed by atoms with E-state index in [1.807, 2.05) is 36.1 Å². The molecule has 14 nitrogen and oxygen atoms in total. The second-order valence-electron chi connectivity index (χ2n) is 12.1. The summed E-state index contributed by atoms with van der Waals surface area (Å²) in [6, 6.07) is 7.22. The summed E-state index contributed by atoms with van der Waals surface area (Å²) in [4.78, 5) is 69.0. The summed E-state index contributed by atoms with van der Waals surface area (Å²) >= 11 is 0. The zero-order chi connectivity index (χ0) is 33.2. The Bertz CT molecular complexity index is 1990. The van der Waals surface area contributed by atoms with Gasteiger partial charge in [0.25, 0.3) is 5.56 Å². The number of hydrogen-bond donors (Lipinski definition) is 1. The van der Waals surface area contributed by atoms with Crippen LogP contribution < -0.4 is 21.5 Å². The number of esters is 1. The summed E-state index contributed by atoms with van der Waals surface area (Å²) in [5.74, 6) is 5.84. The molecule has 46 heavy (non-hydrogen) atoms. The lowest BCUT2D eigenvalue weighted by Crippen LogP contribution is -2.49. The average Bonchev–Trinajstić information content (AvgIpc) is 3.39. The van der Waals surface area contributed by atoms with Crippen molar-refractivity contribution in [2.75, 3.05) is 25.1 Å². The van der Waals surface area contributed by atoms with Crippen LogP contribution >= 0.6 is 0 Å². The number of piperidine rings is 1. The zero-order valence-electron chi connectivity index (χ0n) is 26.9. The highest BCUT2D eigenvalue weighted by Crippen LogP contribution is 2.24. The number of carbonyl (C=O) groups is 2. The third-order valence-electron chi connectivity index (χ3n) is 7.59. The van der Waals surface area contributed by atoms with Gasteiger partial charge in [-0.05, 0) is 53.5 Å². The number of amides is 1. The second-order valence-corrected chi connectivity index (χ2v) is 12.1. The molecule has 4 aromatic rings. The highest BCUT2D eigenvalue weighted by Gasteiger charge is 2.30. The number of anilines is 1. The maximum absolute atomic E-state index is 14.2. The molecule has 5 rings (SSSR count). The van der Waals surface area contributed by atoms with Gasteiger partial charge < -0.3 is 19.7 Å². The molecule has 1 N–H and O–H groups in total. The van der Waals surface area contributed by atoms with E-state index in [-0.39, 0.29) is 36.1 Å². The van der Waals surface area contributed by atoms with Crippen LogP contribution in [0.4, 0.5) is 10.7 Å². The van der Waals surface area contributed by atoms with Gasteiger partial charge in [-0.2, -0.15) is 4.98 Å². The van der Waals surface area contributed by atoms with Gasteiger partial charge >= 0.3 is 17.8 Å². The van der Waals surface area contributed by atoms with E-state index in [4.69, 9.17) is 14.5 Å². The first-order valence-corrected chi connectivity index (χ1v) is 15.1. The Hall–Kier alpha value is -5.19. The van der Waals surface area contributed by atoms with Gasteiger partial charge in [0.15, 0.2) is 11.2 Å². The van der Waals surface area contributed by atoms with Gasteiger partial charge in [0.05, 0.1) is 25.7 Å². The summed E-state index contributed by atoms with van der Waals surface area (Å²) in [5.41, 5.74) is -0.506. The maximum Gasteiger partial charge on any atom is 0.407 e. The van der Waals surface area contributed by atoms with Crippen LogP contribution in [0.2, 0.25) is 0 Å². The van der Waals surface area contributed by atoms with Crippen LogP contribution in [0.1, 0.15) is 52.1 Å². The standard InChI is InChI=1S/C32H38N8O6/c1-7-8-16-38-26-27(36-29(38)37-15-11-12-21(17-37)34-30(43)46-32(3,4)5)39(19-25(41)45-6)31(44)40(28(26)42)18-24-33-20(2)22-13-9-10-14-23(22)35-24/h9-10,13-14,21H,11-12,15-19H2,1-6H3,(H,34,43)/t21-/m1/s1. The van der Waals surface area contributed by atoms with Gasteiger partial charge in [-0.15, -0.1) is 5.92 Å². The summed E-state index contributed by atoms with van der Waals surface area (Å²) in [5, 5.41) is 3.79. The van der Waals surface area contributed by atoms with Crippen LogP contribution in [0.25, 0.3) is 22.1 Å². The number of methoxy groups -OCH3 is 1. The van der Waals surface area contributed by atoms with Crippen molar-refractivity contribution in [3.05, 3.63) is 56.6 Å². The van der Waals surface area contributed by atoms with Gasteiger partial charge in [0.2, 0.25) is 5.95 Å². The number of benzene rings is 1. The molecule has 0 bridgehead atoms. The van der Waals surface area contributed by atoms with Crippen molar-refractivity contribution in [3.63, 3.8) is 0 Å². The van der Waals surface area contributed by atoms with E-state index >= 15 is 0 Å². The Balaban J connectivity index is 1.64. The van der Waals surface area contributed by atoms with Crippen molar-refractivity contribution in [3.8, 4) is 11.8 Å². The number of aromatic nitrogens is 6. The van der Waals surface area contributed by atoms with E-state index in [0.29, 0.717) is 30.2 Å². The number of fused-ring (bicyclic) bond motifs is 2. The largest absolute Gasteiger partial charge is 0.468 e. The van der Waals surface area contributed by atoms with Crippen LogP contribution in [0.3, 0.4) is 0 Å². The van der Waals surface area contributed by atoms with Gasteiger partial charge in [-0.25, -0.2) is 19.6 Å². The molecule has 0 saturated carbocycles. The SMILES string of the molecule is CC#CCn1c(N2CCC[C@@H](NC(=O)OC(C)(C)C)C2)nc2c1c(=O)n(Cc1nc(C)c3ccccc3n1)c(=O)n2CC(=O)OC. The number of para-hydroxylation sites is 1. The Kier molecular flexibility index (Phi) is 9.13. The lowest BCUT2D eigenvalue weighted by atomic mass is 10.1.